The molecule has 9 heteroatoms. The molecule has 5 rings (SSSR count). The van der Waals surface area contributed by atoms with E-state index in [1.54, 1.807) is 0 Å². The van der Waals surface area contributed by atoms with Crippen LogP contribution in [0.3, 0.4) is 0 Å². The zero-order valence-electron chi connectivity index (χ0n) is 15.6. The van der Waals surface area contributed by atoms with Crippen LogP contribution in [-0.2, 0) is 26.3 Å². The van der Waals surface area contributed by atoms with Gasteiger partial charge >= 0.3 is 12.1 Å². The first-order valence-electron chi connectivity index (χ1n) is 8.77. The van der Waals surface area contributed by atoms with E-state index in [1.807, 2.05) is 24.5 Å². The number of carbonyl (C=O) groups is 1. The van der Waals surface area contributed by atoms with Gasteiger partial charge in [-0.25, -0.2) is 9.78 Å². The van der Waals surface area contributed by atoms with Crippen LogP contribution in [0.25, 0.3) is 27.3 Å². The number of fused-ring (bicyclic) bond motifs is 6. The Morgan fingerprint density at radius 3 is 2.48 bits per heavy atom. The number of hydrogen-bond donors (Lipinski definition) is 1. The zero-order chi connectivity index (χ0) is 21.3. The molecule has 31 heavy (non-hydrogen) atoms. The van der Waals surface area contributed by atoms with Crippen molar-refractivity contribution >= 4 is 33.3 Å². The van der Waals surface area contributed by atoms with Crippen molar-refractivity contribution in [1.29, 1.82) is 0 Å². The van der Waals surface area contributed by atoms with Crippen molar-refractivity contribution in [2.24, 2.45) is 0 Å². The zero-order valence-corrected chi connectivity index (χ0v) is 18.0. The van der Waals surface area contributed by atoms with Crippen LogP contribution in [0.4, 0.5) is 13.2 Å². The number of nitrogens with zero attached hydrogens (tertiary/aromatic N) is 3. The molecule has 0 saturated carbocycles. The third-order valence-electron chi connectivity index (χ3n) is 4.48. The first kappa shape index (κ1) is 22.4. The number of hydrogen-bond acceptors (Lipinski definition) is 3. The fourth-order valence-electron chi connectivity index (χ4n) is 3.16. The Labute approximate surface area is 187 Å². The van der Waals surface area contributed by atoms with Crippen molar-refractivity contribution in [2.45, 2.75) is 6.18 Å². The van der Waals surface area contributed by atoms with Gasteiger partial charge in [0.1, 0.15) is 5.69 Å². The van der Waals surface area contributed by atoms with Crippen LogP contribution in [0.5, 0.6) is 0 Å². The summed E-state index contributed by atoms with van der Waals surface area (Å²) in [6, 6.07) is 19.0. The van der Waals surface area contributed by atoms with Crippen molar-refractivity contribution in [2.75, 3.05) is 0 Å². The van der Waals surface area contributed by atoms with Gasteiger partial charge in [-0.1, -0.05) is 23.6 Å². The van der Waals surface area contributed by atoms with Gasteiger partial charge in [-0.3, -0.25) is 4.98 Å². The van der Waals surface area contributed by atoms with Crippen LogP contribution in [0.1, 0.15) is 16.1 Å². The van der Waals surface area contributed by atoms with Crippen LogP contribution in [-0.4, -0.2) is 25.4 Å². The number of alkyl halides is 3. The molecule has 0 bridgehead atoms. The summed E-state index contributed by atoms with van der Waals surface area (Å²) in [5, 5.41) is 11.9. The molecule has 0 unspecified atom stereocenters. The third-order valence-corrected chi connectivity index (χ3v) is 4.48. The smallest absolute Gasteiger partial charge is 0.416 e. The van der Waals surface area contributed by atoms with E-state index < -0.39 is 23.4 Å². The second-order valence-electron chi connectivity index (χ2n) is 6.33. The van der Waals surface area contributed by atoms with Crippen molar-refractivity contribution < 1.29 is 43.2 Å². The summed E-state index contributed by atoms with van der Waals surface area (Å²) in [7, 11) is 0. The first-order valence-corrected chi connectivity index (χ1v) is 8.77. The van der Waals surface area contributed by atoms with Gasteiger partial charge in [0.05, 0.1) is 11.2 Å². The Hall–Kier alpha value is -3.29. The van der Waals surface area contributed by atoms with Crippen LogP contribution >= 0.6 is 0 Å². The minimum atomic E-state index is -4.53. The molecule has 0 aliphatic heterocycles. The average Bonchev–Trinajstić information content (AvgIpc) is 3.24. The van der Waals surface area contributed by atoms with Crippen LogP contribution in [0, 0.1) is 6.07 Å². The standard InChI is InChI=1S/C15H9N2.C7H4F3NO2.Ir/c1-2-7-13-11(5-1)12-6-3-4-8-14(12)17-10-9-16-15(13)17;8-7(9,10)4-1-2-11-5(3-4)6(12)13;/h1-6,8-10H;1-3H,(H,12,13);/q-1;;. The number of rotatable bonds is 1. The molecule has 0 spiro atoms. The van der Waals surface area contributed by atoms with E-state index in [0.29, 0.717) is 12.1 Å². The summed E-state index contributed by atoms with van der Waals surface area (Å²) in [4.78, 5) is 17.9. The maximum absolute atomic E-state index is 12.0. The Balaban J connectivity index is 0.000000177. The number of para-hydroxylation sites is 1. The topological polar surface area (TPSA) is 67.5 Å². The van der Waals surface area contributed by atoms with Gasteiger partial charge in [0.2, 0.25) is 0 Å². The van der Waals surface area contributed by atoms with Crippen LogP contribution in [0.15, 0.2) is 73.2 Å². The van der Waals surface area contributed by atoms with E-state index in [0.717, 1.165) is 17.2 Å². The fraction of sp³-hybridized carbons (Fsp3) is 0.0455. The van der Waals surface area contributed by atoms with Gasteiger partial charge in [-0.2, -0.15) is 13.2 Å². The van der Waals surface area contributed by atoms with E-state index in [1.165, 1.54) is 16.3 Å². The summed E-state index contributed by atoms with van der Waals surface area (Å²) in [6.45, 7) is 0. The molecule has 0 aliphatic rings. The molecule has 0 atom stereocenters. The van der Waals surface area contributed by atoms with Gasteiger partial charge < -0.3 is 9.51 Å². The number of aromatic nitrogens is 3. The van der Waals surface area contributed by atoms with Gasteiger partial charge in [0.25, 0.3) is 0 Å². The van der Waals surface area contributed by atoms with E-state index in [4.69, 9.17) is 5.11 Å². The first-order chi connectivity index (χ1) is 14.4. The minimum absolute atomic E-state index is 0. The van der Waals surface area contributed by atoms with Crippen LogP contribution < -0.4 is 0 Å². The molecule has 3 aromatic heterocycles. The predicted molar refractivity (Wildman–Crippen MR) is 105 cm³/mol. The largest absolute Gasteiger partial charge is 0.477 e. The maximum atomic E-state index is 12.0. The number of aromatic carboxylic acids is 1. The van der Waals surface area contributed by atoms with E-state index >= 15 is 0 Å². The Morgan fingerprint density at radius 2 is 1.74 bits per heavy atom. The third kappa shape index (κ3) is 4.42. The molecule has 1 N–H and O–H groups in total. The molecule has 0 aliphatic carbocycles. The van der Waals surface area contributed by atoms with Crippen molar-refractivity contribution in [3.8, 4) is 0 Å². The monoisotopic (exact) mass is 601 g/mol. The Bertz CT molecular complexity index is 1310. The molecular weight excluding hydrogens is 587 g/mol. The van der Waals surface area contributed by atoms with Crippen molar-refractivity contribution in [1.82, 2.24) is 14.4 Å². The van der Waals surface area contributed by atoms with Gasteiger partial charge in [-0.15, -0.1) is 29.7 Å². The molecule has 0 saturated heterocycles. The van der Waals surface area contributed by atoms with E-state index in [9.17, 15) is 18.0 Å². The van der Waals surface area contributed by atoms with Crippen LogP contribution in [0.2, 0.25) is 0 Å². The minimum Gasteiger partial charge on any atom is -0.477 e. The second kappa shape index (κ2) is 8.83. The van der Waals surface area contributed by atoms with Gasteiger partial charge in [-0.05, 0) is 23.6 Å². The second-order valence-corrected chi connectivity index (χ2v) is 6.33. The molecule has 159 valence electrons. The number of pyridine rings is 2. The maximum Gasteiger partial charge on any atom is 0.416 e. The Morgan fingerprint density at radius 1 is 1.00 bits per heavy atom. The van der Waals surface area contributed by atoms with E-state index in [-0.39, 0.29) is 20.1 Å². The number of carboxylic acids is 1. The number of carboxylic acid groups (broad SMARTS) is 1. The summed E-state index contributed by atoms with van der Waals surface area (Å²) in [5.41, 5.74) is 0.529. The Kier molecular flexibility index (Phi) is 6.38. The van der Waals surface area contributed by atoms with Gasteiger partial charge in [0.15, 0.2) is 0 Å². The molecule has 5 nitrogen and oxygen atoms in total. The summed E-state index contributed by atoms with van der Waals surface area (Å²) < 4.78 is 38.2. The normalized spacial score (nSPS) is 11.1. The SMILES string of the molecule is O=C(O)c1cc(C(F)(F)F)ccn1.[Ir].[c-]1cccc2c1c1nccn1c1ccccc21. The van der Waals surface area contributed by atoms with Crippen molar-refractivity contribution in [3.05, 3.63) is 90.5 Å². The summed E-state index contributed by atoms with van der Waals surface area (Å²) in [5.74, 6) is -1.48. The number of benzene rings is 2. The summed E-state index contributed by atoms with van der Waals surface area (Å²) in [6.07, 6.45) is 0.111. The van der Waals surface area contributed by atoms with Crippen molar-refractivity contribution in [3.63, 3.8) is 0 Å². The van der Waals surface area contributed by atoms with E-state index in [2.05, 4.69) is 50.8 Å². The average molecular weight is 601 g/mol. The quantitative estimate of drug-likeness (QED) is 0.211. The molecule has 0 amide bonds. The number of halogens is 3. The summed E-state index contributed by atoms with van der Waals surface area (Å²) >= 11 is 0. The molecule has 0 fully saturated rings. The molecule has 2 aromatic carbocycles. The molecule has 5 aromatic rings. The predicted octanol–water partition coefficient (Wildman–Crippen LogP) is 5.24. The fourth-order valence-corrected chi connectivity index (χ4v) is 3.16. The molecule has 3 heterocycles. The molecule has 1 radical (unpaired) electrons. The molecular formula is C22H13F3IrN3O2-. The van der Waals surface area contributed by atoms with Gasteiger partial charge in [0, 0.05) is 44.2 Å². The number of imidazole rings is 1.